The third-order valence-corrected chi connectivity index (χ3v) is 3.69. The zero-order chi connectivity index (χ0) is 13.4. The number of hydrogen-bond donors (Lipinski definition) is 1. The molecule has 19 heavy (non-hydrogen) atoms. The van der Waals surface area contributed by atoms with Crippen LogP contribution in [-0.2, 0) is 6.54 Å². The van der Waals surface area contributed by atoms with Crippen LogP contribution in [0.25, 0.3) is 11.0 Å². The molecule has 0 spiro atoms. The van der Waals surface area contributed by atoms with Crippen LogP contribution >= 0.6 is 15.9 Å². The molecule has 0 saturated carbocycles. The molecule has 0 aliphatic carbocycles. The number of hydrogen-bond acceptors (Lipinski definition) is 1. The lowest BCUT2D eigenvalue weighted by Crippen LogP contribution is -2.17. The van der Waals surface area contributed by atoms with Gasteiger partial charge in [0, 0.05) is 4.47 Å². The Morgan fingerprint density at radius 3 is 2.63 bits per heavy atom. The first kappa shape index (κ1) is 12.2. The second-order valence-electron chi connectivity index (χ2n) is 4.66. The molecule has 1 aromatic heterocycles. The summed E-state index contributed by atoms with van der Waals surface area (Å²) in [7, 11) is 0. The van der Waals surface area contributed by atoms with Gasteiger partial charge in [-0.1, -0.05) is 45.8 Å². The molecule has 96 valence electrons. The first-order chi connectivity index (χ1) is 9.13. The first-order valence-corrected chi connectivity index (χ1v) is 6.86. The lowest BCUT2D eigenvalue weighted by atomic mass is 10.1. The minimum atomic E-state index is -0.0753. The van der Waals surface area contributed by atoms with Gasteiger partial charge in [0.1, 0.15) is 0 Å². The van der Waals surface area contributed by atoms with E-state index in [1.807, 2.05) is 18.2 Å². The number of nitrogens with zero attached hydrogens (tertiary/aromatic N) is 1. The second kappa shape index (κ2) is 4.70. The number of H-pyrrole nitrogens is 1. The number of rotatable bonds is 2. The third-order valence-electron chi connectivity index (χ3n) is 3.20. The molecule has 0 saturated heterocycles. The van der Waals surface area contributed by atoms with E-state index in [-0.39, 0.29) is 5.69 Å². The van der Waals surface area contributed by atoms with Crippen LogP contribution in [-0.4, -0.2) is 9.55 Å². The van der Waals surface area contributed by atoms with Crippen LogP contribution in [0, 0.1) is 6.92 Å². The van der Waals surface area contributed by atoms with E-state index in [4.69, 9.17) is 0 Å². The van der Waals surface area contributed by atoms with Crippen LogP contribution in [0.3, 0.4) is 0 Å². The highest BCUT2D eigenvalue weighted by molar-refractivity contribution is 9.10. The highest BCUT2D eigenvalue weighted by Gasteiger charge is 2.07. The molecule has 0 fully saturated rings. The molecular weight excluding hydrogens is 304 g/mol. The Labute approximate surface area is 119 Å². The minimum absolute atomic E-state index is 0.0753. The van der Waals surface area contributed by atoms with Crippen molar-refractivity contribution in [2.75, 3.05) is 0 Å². The van der Waals surface area contributed by atoms with Gasteiger partial charge < -0.3 is 4.98 Å². The van der Waals surface area contributed by atoms with Gasteiger partial charge in [-0.15, -0.1) is 0 Å². The van der Waals surface area contributed by atoms with Crippen molar-refractivity contribution in [2.24, 2.45) is 0 Å². The molecule has 3 rings (SSSR count). The van der Waals surface area contributed by atoms with Crippen LogP contribution in [0.15, 0.2) is 51.7 Å². The molecule has 1 heterocycles. The molecule has 1 N–H and O–H groups in total. The molecule has 3 aromatic rings. The van der Waals surface area contributed by atoms with E-state index in [0.29, 0.717) is 6.54 Å². The molecule has 0 radical (unpaired) electrons. The third kappa shape index (κ3) is 2.36. The molecule has 4 heteroatoms. The van der Waals surface area contributed by atoms with Crippen molar-refractivity contribution in [1.82, 2.24) is 9.55 Å². The Kier molecular flexibility index (Phi) is 3.03. The largest absolute Gasteiger partial charge is 0.326 e. The number of halogens is 1. The summed E-state index contributed by atoms with van der Waals surface area (Å²) in [4.78, 5) is 14.9. The zero-order valence-corrected chi connectivity index (χ0v) is 12.1. The van der Waals surface area contributed by atoms with Crippen molar-refractivity contribution in [3.63, 3.8) is 0 Å². The van der Waals surface area contributed by atoms with Crippen molar-refractivity contribution in [3.8, 4) is 0 Å². The van der Waals surface area contributed by atoms with Gasteiger partial charge in [-0.25, -0.2) is 4.79 Å². The Morgan fingerprint density at radius 1 is 1.16 bits per heavy atom. The maximum absolute atomic E-state index is 12.0. The topological polar surface area (TPSA) is 37.8 Å². The van der Waals surface area contributed by atoms with Crippen molar-refractivity contribution in [1.29, 1.82) is 0 Å². The normalized spacial score (nSPS) is 11.1. The fourth-order valence-corrected chi connectivity index (χ4v) is 2.51. The van der Waals surface area contributed by atoms with Crippen LogP contribution < -0.4 is 5.69 Å². The summed E-state index contributed by atoms with van der Waals surface area (Å²) in [5, 5.41) is 0. The molecule has 0 amide bonds. The van der Waals surface area contributed by atoms with E-state index in [0.717, 1.165) is 21.1 Å². The van der Waals surface area contributed by atoms with Gasteiger partial charge in [0.15, 0.2) is 0 Å². The van der Waals surface area contributed by atoms with Crippen molar-refractivity contribution in [2.45, 2.75) is 13.5 Å². The van der Waals surface area contributed by atoms with E-state index >= 15 is 0 Å². The zero-order valence-electron chi connectivity index (χ0n) is 10.5. The number of benzene rings is 2. The van der Waals surface area contributed by atoms with Gasteiger partial charge in [0.2, 0.25) is 0 Å². The van der Waals surface area contributed by atoms with E-state index in [1.54, 1.807) is 4.57 Å². The van der Waals surface area contributed by atoms with E-state index in [9.17, 15) is 4.79 Å². The Hall–Kier alpha value is -1.81. The lowest BCUT2D eigenvalue weighted by Gasteiger charge is -2.04. The van der Waals surface area contributed by atoms with Gasteiger partial charge in [0.25, 0.3) is 0 Å². The number of aryl methyl sites for hydroxylation is 1. The standard InChI is InChI=1S/C15H13BrN2O/c1-10-2-4-11(5-3-10)9-18-14-8-12(16)6-7-13(14)17-15(18)19/h2-8H,9H2,1H3,(H,17,19). The van der Waals surface area contributed by atoms with E-state index in [2.05, 4.69) is 52.1 Å². The molecule has 3 nitrogen and oxygen atoms in total. The smallest absolute Gasteiger partial charge is 0.306 e. The molecule has 0 aliphatic heterocycles. The number of aromatic amines is 1. The molecular formula is C15H13BrN2O. The fraction of sp³-hybridized carbons (Fsp3) is 0.133. The number of nitrogens with one attached hydrogen (secondary N) is 1. The predicted octanol–water partition coefficient (Wildman–Crippen LogP) is 3.45. The summed E-state index contributed by atoms with van der Waals surface area (Å²) < 4.78 is 2.72. The second-order valence-corrected chi connectivity index (χ2v) is 5.58. The van der Waals surface area contributed by atoms with Gasteiger partial charge in [-0.2, -0.15) is 0 Å². The van der Waals surface area contributed by atoms with Crippen LogP contribution in [0.5, 0.6) is 0 Å². The first-order valence-electron chi connectivity index (χ1n) is 6.07. The number of fused-ring (bicyclic) bond motifs is 1. The number of aromatic nitrogens is 2. The van der Waals surface area contributed by atoms with Crippen LogP contribution in [0.1, 0.15) is 11.1 Å². The monoisotopic (exact) mass is 316 g/mol. The maximum atomic E-state index is 12.0. The molecule has 0 aliphatic rings. The summed E-state index contributed by atoms with van der Waals surface area (Å²) in [5.74, 6) is 0. The van der Waals surface area contributed by atoms with Gasteiger partial charge >= 0.3 is 5.69 Å². The Morgan fingerprint density at radius 2 is 1.89 bits per heavy atom. The molecule has 2 aromatic carbocycles. The van der Waals surface area contributed by atoms with Crippen molar-refractivity contribution in [3.05, 3.63) is 68.5 Å². The summed E-state index contributed by atoms with van der Waals surface area (Å²) in [5.41, 5.74) is 4.04. The summed E-state index contributed by atoms with van der Waals surface area (Å²) in [6.45, 7) is 2.63. The van der Waals surface area contributed by atoms with Gasteiger partial charge in [-0.3, -0.25) is 4.57 Å². The Bertz CT molecular complexity index is 784. The summed E-state index contributed by atoms with van der Waals surface area (Å²) in [6, 6.07) is 14.0. The molecule has 0 unspecified atom stereocenters. The Balaban J connectivity index is 2.09. The fourth-order valence-electron chi connectivity index (χ4n) is 2.16. The summed E-state index contributed by atoms with van der Waals surface area (Å²) >= 11 is 3.44. The number of imidazole rings is 1. The maximum Gasteiger partial charge on any atom is 0.326 e. The van der Waals surface area contributed by atoms with Crippen molar-refractivity contribution < 1.29 is 0 Å². The predicted molar refractivity (Wildman–Crippen MR) is 80.5 cm³/mol. The van der Waals surface area contributed by atoms with Crippen LogP contribution in [0.4, 0.5) is 0 Å². The van der Waals surface area contributed by atoms with Gasteiger partial charge in [-0.05, 0) is 30.7 Å². The lowest BCUT2D eigenvalue weighted by molar-refractivity contribution is 0.786. The van der Waals surface area contributed by atoms with Crippen molar-refractivity contribution >= 4 is 27.0 Å². The summed E-state index contributed by atoms with van der Waals surface area (Å²) in [6.07, 6.45) is 0. The van der Waals surface area contributed by atoms with Gasteiger partial charge in [0.05, 0.1) is 17.6 Å². The molecule has 0 atom stereocenters. The average molecular weight is 317 g/mol. The highest BCUT2D eigenvalue weighted by atomic mass is 79.9. The van der Waals surface area contributed by atoms with Crippen LogP contribution in [0.2, 0.25) is 0 Å². The van der Waals surface area contributed by atoms with E-state index in [1.165, 1.54) is 5.56 Å². The average Bonchev–Trinajstić information content (AvgIpc) is 2.69. The quantitative estimate of drug-likeness (QED) is 0.772. The molecule has 0 bridgehead atoms. The SMILES string of the molecule is Cc1ccc(Cn2c(=O)[nH]c3ccc(Br)cc32)cc1. The van der Waals surface area contributed by atoms with E-state index < -0.39 is 0 Å². The highest BCUT2D eigenvalue weighted by Crippen LogP contribution is 2.18. The minimum Gasteiger partial charge on any atom is -0.306 e.